The minimum atomic E-state index is -0.712. The summed E-state index contributed by atoms with van der Waals surface area (Å²) in [4.78, 5) is 33.2. The van der Waals surface area contributed by atoms with E-state index in [1.807, 2.05) is 0 Å². The van der Waals surface area contributed by atoms with Gasteiger partial charge in [0, 0.05) is 17.7 Å². The number of nitrogens with one attached hydrogen (secondary N) is 1. The number of nitro benzene ring substituents is 1. The van der Waals surface area contributed by atoms with Crippen molar-refractivity contribution < 1.29 is 19.2 Å². The Morgan fingerprint density at radius 2 is 2.00 bits per heavy atom. The first-order chi connectivity index (χ1) is 9.19. The van der Waals surface area contributed by atoms with Crippen LogP contribution in [0, 0.1) is 10.1 Å². The van der Waals surface area contributed by atoms with E-state index < -0.39 is 22.4 Å². The Morgan fingerprint density at radius 1 is 1.35 bits per heavy atom. The molecule has 1 amide bonds. The first-order valence-corrected chi connectivity index (χ1v) is 5.93. The maximum atomic E-state index is 11.8. The molecule has 0 radical (unpaired) electrons. The lowest BCUT2D eigenvalue weighted by molar-refractivity contribution is -0.384. The van der Waals surface area contributed by atoms with Gasteiger partial charge >= 0.3 is 6.09 Å². The number of hydrogen-bond donors (Lipinski definition) is 1. The van der Waals surface area contributed by atoms with Crippen LogP contribution < -0.4 is 5.32 Å². The summed E-state index contributed by atoms with van der Waals surface area (Å²) in [5.74, 6) is -0.431. The molecule has 0 saturated carbocycles. The SMILES string of the molecule is CC(C)(C)OC(=O)NCC(=O)c1cccc([N+](=O)[O-])c1. The maximum Gasteiger partial charge on any atom is 0.408 e. The molecule has 108 valence electrons. The van der Waals surface area contributed by atoms with Crippen molar-refractivity contribution in [3.63, 3.8) is 0 Å². The molecule has 0 bridgehead atoms. The molecule has 0 aliphatic rings. The Morgan fingerprint density at radius 3 is 2.55 bits per heavy atom. The number of amides is 1. The molecule has 1 N–H and O–H groups in total. The van der Waals surface area contributed by atoms with Crippen LogP contribution >= 0.6 is 0 Å². The molecular formula is C13H16N2O5. The zero-order valence-corrected chi connectivity index (χ0v) is 11.5. The molecule has 0 saturated heterocycles. The summed E-state index contributed by atoms with van der Waals surface area (Å²) >= 11 is 0. The standard InChI is InChI=1S/C13H16N2O5/c1-13(2,3)20-12(17)14-8-11(16)9-5-4-6-10(7-9)15(18)19/h4-7H,8H2,1-3H3,(H,14,17). The Balaban J connectivity index is 2.61. The quantitative estimate of drug-likeness (QED) is 0.518. The van der Waals surface area contributed by atoms with Gasteiger partial charge in [-0.05, 0) is 20.8 Å². The van der Waals surface area contributed by atoms with Crippen molar-refractivity contribution in [2.75, 3.05) is 6.54 Å². The third-order valence-corrected chi connectivity index (χ3v) is 2.17. The number of ether oxygens (including phenoxy) is 1. The van der Waals surface area contributed by atoms with Crippen molar-refractivity contribution in [2.45, 2.75) is 26.4 Å². The van der Waals surface area contributed by atoms with Gasteiger partial charge in [-0.25, -0.2) is 4.79 Å². The third-order valence-electron chi connectivity index (χ3n) is 2.17. The molecule has 0 aliphatic carbocycles. The molecule has 0 spiro atoms. The van der Waals surface area contributed by atoms with Crippen LogP contribution in [0.5, 0.6) is 0 Å². The van der Waals surface area contributed by atoms with Gasteiger partial charge in [0.25, 0.3) is 5.69 Å². The summed E-state index contributed by atoms with van der Waals surface area (Å²) in [7, 11) is 0. The Kier molecular flexibility index (Phi) is 4.79. The Labute approximate surface area is 116 Å². The fraction of sp³-hybridized carbons (Fsp3) is 0.385. The monoisotopic (exact) mass is 280 g/mol. The summed E-state index contributed by atoms with van der Waals surface area (Å²) < 4.78 is 4.98. The van der Waals surface area contributed by atoms with E-state index in [2.05, 4.69) is 5.32 Å². The van der Waals surface area contributed by atoms with E-state index in [9.17, 15) is 19.7 Å². The topological polar surface area (TPSA) is 98.5 Å². The lowest BCUT2D eigenvalue weighted by Gasteiger charge is -2.19. The van der Waals surface area contributed by atoms with Crippen LogP contribution in [0.4, 0.5) is 10.5 Å². The lowest BCUT2D eigenvalue weighted by Crippen LogP contribution is -2.35. The highest BCUT2D eigenvalue weighted by Crippen LogP contribution is 2.13. The molecule has 7 heteroatoms. The van der Waals surface area contributed by atoms with Gasteiger partial charge in [-0.1, -0.05) is 12.1 Å². The molecule has 1 rings (SSSR count). The summed E-state index contributed by atoms with van der Waals surface area (Å²) in [5.41, 5.74) is -0.665. The van der Waals surface area contributed by atoms with Crippen molar-refractivity contribution in [3.05, 3.63) is 39.9 Å². The molecule has 0 fully saturated rings. The zero-order valence-electron chi connectivity index (χ0n) is 11.5. The Hall–Kier alpha value is -2.44. The van der Waals surface area contributed by atoms with Crippen molar-refractivity contribution >= 4 is 17.6 Å². The van der Waals surface area contributed by atoms with E-state index in [1.165, 1.54) is 24.3 Å². The van der Waals surface area contributed by atoms with Gasteiger partial charge in [-0.3, -0.25) is 14.9 Å². The number of benzene rings is 1. The number of carbonyl (C=O) groups is 2. The minimum Gasteiger partial charge on any atom is -0.444 e. The first kappa shape index (κ1) is 15.6. The summed E-state index contributed by atoms with van der Waals surface area (Å²) in [6.45, 7) is 4.83. The lowest BCUT2D eigenvalue weighted by atomic mass is 10.1. The molecule has 1 aromatic carbocycles. The van der Waals surface area contributed by atoms with Crippen LogP contribution in [-0.4, -0.2) is 28.9 Å². The Bertz CT molecular complexity index is 534. The number of ketones is 1. The van der Waals surface area contributed by atoms with Gasteiger partial charge < -0.3 is 10.1 Å². The molecule has 7 nitrogen and oxygen atoms in total. The molecular weight excluding hydrogens is 264 g/mol. The highest BCUT2D eigenvalue weighted by atomic mass is 16.6. The van der Waals surface area contributed by atoms with E-state index in [1.54, 1.807) is 20.8 Å². The highest BCUT2D eigenvalue weighted by molar-refractivity contribution is 5.99. The fourth-order valence-corrected chi connectivity index (χ4v) is 1.36. The number of non-ortho nitro benzene ring substituents is 1. The minimum absolute atomic E-state index is 0.162. The summed E-state index contributed by atoms with van der Waals surface area (Å²) in [6, 6.07) is 5.32. The predicted octanol–water partition coefficient (Wildman–Crippen LogP) is 2.30. The van der Waals surface area contributed by atoms with Crippen molar-refractivity contribution in [2.24, 2.45) is 0 Å². The van der Waals surface area contributed by atoms with E-state index in [0.717, 1.165) is 0 Å². The number of rotatable bonds is 4. The number of hydrogen-bond acceptors (Lipinski definition) is 5. The van der Waals surface area contributed by atoms with E-state index in [-0.39, 0.29) is 17.8 Å². The van der Waals surface area contributed by atoms with Gasteiger partial charge in [-0.2, -0.15) is 0 Å². The van der Waals surface area contributed by atoms with Gasteiger partial charge in [0.1, 0.15) is 5.60 Å². The van der Waals surface area contributed by atoms with Crippen molar-refractivity contribution in [1.29, 1.82) is 0 Å². The zero-order chi connectivity index (χ0) is 15.3. The average molecular weight is 280 g/mol. The number of nitro groups is 1. The van der Waals surface area contributed by atoms with Gasteiger partial charge in [-0.15, -0.1) is 0 Å². The van der Waals surface area contributed by atoms with Crippen LogP contribution in [0.25, 0.3) is 0 Å². The molecule has 1 aromatic rings. The van der Waals surface area contributed by atoms with Crippen molar-refractivity contribution in [1.82, 2.24) is 5.32 Å². The van der Waals surface area contributed by atoms with E-state index in [0.29, 0.717) is 0 Å². The molecule has 0 aromatic heterocycles. The number of Topliss-reactive ketones (excluding diaryl/α,β-unsaturated/α-hetero) is 1. The molecule has 0 unspecified atom stereocenters. The van der Waals surface area contributed by atoms with Gasteiger partial charge in [0.15, 0.2) is 5.78 Å². The first-order valence-electron chi connectivity index (χ1n) is 5.93. The van der Waals surface area contributed by atoms with E-state index >= 15 is 0 Å². The molecule has 0 heterocycles. The largest absolute Gasteiger partial charge is 0.444 e. The third kappa shape index (κ3) is 5.05. The van der Waals surface area contributed by atoms with Crippen LogP contribution in [0.15, 0.2) is 24.3 Å². The smallest absolute Gasteiger partial charge is 0.408 e. The number of carbonyl (C=O) groups excluding carboxylic acids is 2. The highest BCUT2D eigenvalue weighted by Gasteiger charge is 2.17. The van der Waals surface area contributed by atoms with Gasteiger partial charge in [0.2, 0.25) is 0 Å². The van der Waals surface area contributed by atoms with E-state index in [4.69, 9.17) is 4.74 Å². The normalized spacial score (nSPS) is 10.8. The van der Waals surface area contributed by atoms with Crippen LogP contribution in [0.3, 0.4) is 0 Å². The molecule has 0 atom stereocenters. The van der Waals surface area contributed by atoms with Gasteiger partial charge in [0.05, 0.1) is 11.5 Å². The van der Waals surface area contributed by atoms with Crippen LogP contribution in [0.2, 0.25) is 0 Å². The summed E-state index contributed by atoms with van der Waals surface area (Å²) in [5, 5.41) is 12.9. The average Bonchev–Trinajstić information content (AvgIpc) is 2.34. The second-order valence-electron chi connectivity index (χ2n) is 5.09. The maximum absolute atomic E-state index is 11.8. The number of alkyl carbamates (subject to hydrolysis) is 1. The summed E-state index contributed by atoms with van der Waals surface area (Å²) in [6.07, 6.45) is -0.712. The second kappa shape index (κ2) is 6.14. The van der Waals surface area contributed by atoms with Crippen LogP contribution in [0.1, 0.15) is 31.1 Å². The van der Waals surface area contributed by atoms with Crippen molar-refractivity contribution in [3.8, 4) is 0 Å². The predicted molar refractivity (Wildman–Crippen MR) is 71.7 cm³/mol. The number of nitrogens with zero attached hydrogens (tertiary/aromatic N) is 1. The molecule has 0 aliphatic heterocycles. The molecule has 20 heavy (non-hydrogen) atoms. The van der Waals surface area contributed by atoms with Crippen LogP contribution in [-0.2, 0) is 4.74 Å². The second-order valence-corrected chi connectivity index (χ2v) is 5.09. The fourth-order valence-electron chi connectivity index (χ4n) is 1.36.